The van der Waals surface area contributed by atoms with Crippen LogP contribution in [0, 0.1) is 23.7 Å². The van der Waals surface area contributed by atoms with Gasteiger partial charge in [-0.05, 0) is 79.9 Å². The summed E-state index contributed by atoms with van der Waals surface area (Å²) in [5.41, 5.74) is 2.28. The van der Waals surface area contributed by atoms with Crippen LogP contribution < -0.4 is 4.74 Å². The lowest BCUT2D eigenvalue weighted by Gasteiger charge is -2.32. The Balaban J connectivity index is 1.65. The van der Waals surface area contributed by atoms with Crippen LogP contribution in [-0.4, -0.2) is 41.0 Å². The summed E-state index contributed by atoms with van der Waals surface area (Å²) in [5.74, 6) is 0.409. The summed E-state index contributed by atoms with van der Waals surface area (Å²) >= 11 is 0. The van der Waals surface area contributed by atoms with Crippen molar-refractivity contribution < 1.29 is 29.3 Å². The van der Waals surface area contributed by atoms with Crippen LogP contribution >= 0.6 is 0 Å². The van der Waals surface area contributed by atoms with Gasteiger partial charge in [0.15, 0.2) is 6.61 Å². The summed E-state index contributed by atoms with van der Waals surface area (Å²) in [6, 6.07) is 5.84. The second-order valence-electron chi connectivity index (χ2n) is 9.23. The molecule has 0 saturated heterocycles. The lowest BCUT2D eigenvalue weighted by Crippen LogP contribution is -2.29. The second kappa shape index (κ2) is 10.5. The van der Waals surface area contributed by atoms with E-state index in [0.29, 0.717) is 17.6 Å². The number of carboxylic acid groups (broad SMARTS) is 1. The molecule has 3 rings (SSSR count). The van der Waals surface area contributed by atoms with Crippen molar-refractivity contribution >= 4 is 11.9 Å². The number of carbonyl (C=O) groups is 2. The highest BCUT2D eigenvalue weighted by Gasteiger charge is 2.45. The molecule has 2 aliphatic carbocycles. The standard InChI is InChI=1S/C25H36O6/c1-4-15(3)25(29)31-18(5-2)9-10-19-20-11-16-7-6-8-23(30-14-24(27)28)21(16)12-17(20)13-22(19)26/h6-8,15,17-20,22,26H,4-5,9-14H2,1-3H3,(H,27,28)/t15-,17+,18+,19-,20+,22-/m1/s1. The van der Waals surface area contributed by atoms with Crippen LogP contribution in [0.15, 0.2) is 18.2 Å². The molecule has 0 unspecified atom stereocenters. The van der Waals surface area contributed by atoms with Crippen LogP contribution in [0.4, 0.5) is 0 Å². The molecule has 6 heteroatoms. The first-order chi connectivity index (χ1) is 14.8. The Kier molecular flexibility index (Phi) is 7.98. The summed E-state index contributed by atoms with van der Waals surface area (Å²) in [4.78, 5) is 23.1. The fourth-order valence-corrected chi connectivity index (χ4v) is 5.25. The van der Waals surface area contributed by atoms with Crippen molar-refractivity contribution in [3.63, 3.8) is 0 Å². The van der Waals surface area contributed by atoms with E-state index in [9.17, 15) is 14.7 Å². The van der Waals surface area contributed by atoms with Crippen molar-refractivity contribution in [1.82, 2.24) is 0 Å². The third-order valence-electron chi connectivity index (χ3n) is 7.27. The van der Waals surface area contributed by atoms with Crippen LogP contribution in [0.5, 0.6) is 5.75 Å². The van der Waals surface area contributed by atoms with Gasteiger partial charge in [-0.3, -0.25) is 4.79 Å². The molecule has 2 N–H and O–H groups in total. The van der Waals surface area contributed by atoms with E-state index in [4.69, 9.17) is 14.6 Å². The number of aliphatic carboxylic acids is 1. The van der Waals surface area contributed by atoms with Gasteiger partial charge in [-0.1, -0.05) is 32.9 Å². The van der Waals surface area contributed by atoms with Crippen molar-refractivity contribution in [2.24, 2.45) is 23.7 Å². The molecular formula is C25H36O6. The van der Waals surface area contributed by atoms with E-state index in [0.717, 1.165) is 50.5 Å². The molecule has 1 aromatic rings. The monoisotopic (exact) mass is 432 g/mol. The number of esters is 1. The van der Waals surface area contributed by atoms with Crippen LogP contribution in [0.25, 0.3) is 0 Å². The molecule has 31 heavy (non-hydrogen) atoms. The van der Waals surface area contributed by atoms with Gasteiger partial charge in [0.1, 0.15) is 11.9 Å². The molecule has 0 amide bonds. The van der Waals surface area contributed by atoms with Crippen molar-refractivity contribution in [1.29, 1.82) is 0 Å². The fourth-order valence-electron chi connectivity index (χ4n) is 5.25. The lowest BCUT2D eigenvalue weighted by atomic mass is 9.73. The summed E-state index contributed by atoms with van der Waals surface area (Å²) in [6.07, 6.45) is 5.17. The zero-order valence-corrected chi connectivity index (χ0v) is 18.9. The average molecular weight is 433 g/mol. The highest BCUT2D eigenvalue weighted by Crippen LogP contribution is 2.48. The molecule has 0 aliphatic heterocycles. The first-order valence-corrected chi connectivity index (χ1v) is 11.7. The highest BCUT2D eigenvalue weighted by atomic mass is 16.5. The third kappa shape index (κ3) is 5.59. The largest absolute Gasteiger partial charge is 0.482 e. The molecule has 0 spiro atoms. The zero-order chi connectivity index (χ0) is 22.5. The van der Waals surface area contributed by atoms with Gasteiger partial charge in [0.2, 0.25) is 0 Å². The van der Waals surface area contributed by atoms with Gasteiger partial charge in [-0.15, -0.1) is 0 Å². The highest BCUT2D eigenvalue weighted by molar-refractivity contribution is 5.72. The van der Waals surface area contributed by atoms with E-state index in [2.05, 4.69) is 6.07 Å². The Morgan fingerprint density at radius 1 is 1.19 bits per heavy atom. The number of aliphatic hydroxyl groups is 1. The molecule has 0 heterocycles. The summed E-state index contributed by atoms with van der Waals surface area (Å²) in [5, 5.41) is 19.8. The van der Waals surface area contributed by atoms with Crippen molar-refractivity contribution in [3.05, 3.63) is 29.3 Å². The molecule has 0 bridgehead atoms. The van der Waals surface area contributed by atoms with Gasteiger partial charge in [0.25, 0.3) is 0 Å². The number of benzene rings is 1. The first kappa shape index (κ1) is 23.6. The first-order valence-electron chi connectivity index (χ1n) is 11.7. The topological polar surface area (TPSA) is 93.1 Å². The number of carbonyl (C=O) groups excluding carboxylic acids is 1. The summed E-state index contributed by atoms with van der Waals surface area (Å²) in [6.45, 7) is 5.58. The number of aliphatic hydroxyl groups excluding tert-OH is 1. The molecule has 172 valence electrons. The second-order valence-corrected chi connectivity index (χ2v) is 9.23. The summed E-state index contributed by atoms with van der Waals surface area (Å²) < 4.78 is 11.2. The normalized spacial score (nSPS) is 26.5. The minimum absolute atomic E-state index is 0.0807. The number of rotatable bonds is 10. The molecule has 6 atom stereocenters. The number of ether oxygens (including phenoxy) is 2. The van der Waals surface area contributed by atoms with Crippen LogP contribution in [0.3, 0.4) is 0 Å². The van der Waals surface area contributed by atoms with E-state index in [1.807, 2.05) is 32.9 Å². The fraction of sp³-hybridized carbons (Fsp3) is 0.680. The maximum atomic E-state index is 12.2. The van der Waals surface area contributed by atoms with Gasteiger partial charge in [0.05, 0.1) is 12.0 Å². The minimum atomic E-state index is -0.984. The predicted molar refractivity (Wildman–Crippen MR) is 117 cm³/mol. The van der Waals surface area contributed by atoms with Crippen molar-refractivity contribution in [2.45, 2.75) is 77.9 Å². The van der Waals surface area contributed by atoms with Gasteiger partial charge >= 0.3 is 11.9 Å². The van der Waals surface area contributed by atoms with Crippen molar-refractivity contribution in [3.8, 4) is 5.75 Å². The number of fused-ring (bicyclic) bond motifs is 2. The van der Waals surface area contributed by atoms with E-state index in [1.54, 1.807) is 0 Å². The Morgan fingerprint density at radius 2 is 1.97 bits per heavy atom. The quantitative estimate of drug-likeness (QED) is 0.543. The smallest absolute Gasteiger partial charge is 0.341 e. The molecule has 2 aliphatic rings. The molecule has 6 nitrogen and oxygen atoms in total. The Morgan fingerprint density at radius 3 is 2.65 bits per heavy atom. The number of carboxylic acids is 1. The predicted octanol–water partition coefficient (Wildman–Crippen LogP) is 4.01. The maximum absolute atomic E-state index is 12.2. The van der Waals surface area contributed by atoms with Crippen LogP contribution in [-0.2, 0) is 27.2 Å². The van der Waals surface area contributed by atoms with E-state index < -0.39 is 5.97 Å². The molecular weight excluding hydrogens is 396 g/mol. The van der Waals surface area contributed by atoms with Gasteiger partial charge in [0, 0.05) is 0 Å². The molecule has 0 radical (unpaired) electrons. The Hall–Kier alpha value is -2.08. The van der Waals surface area contributed by atoms with Crippen LogP contribution in [0.2, 0.25) is 0 Å². The lowest BCUT2D eigenvalue weighted by molar-refractivity contribution is -0.154. The van der Waals surface area contributed by atoms with Gasteiger partial charge in [-0.2, -0.15) is 0 Å². The van der Waals surface area contributed by atoms with Gasteiger partial charge < -0.3 is 19.7 Å². The van der Waals surface area contributed by atoms with Gasteiger partial charge in [-0.25, -0.2) is 4.79 Å². The Bertz CT molecular complexity index is 775. The maximum Gasteiger partial charge on any atom is 0.341 e. The molecule has 1 aromatic carbocycles. The number of hydrogen-bond donors (Lipinski definition) is 2. The number of hydrogen-bond acceptors (Lipinski definition) is 5. The zero-order valence-electron chi connectivity index (χ0n) is 18.9. The SMILES string of the molecule is CC[C@@H](CC[C@@H]1[C@H]2Cc3cccc(OCC(=O)O)c3C[C@H]2C[C@H]1O)OC(=O)[C@H](C)CC. The molecule has 0 aromatic heterocycles. The Labute approximate surface area is 184 Å². The minimum Gasteiger partial charge on any atom is -0.482 e. The van der Waals surface area contributed by atoms with E-state index >= 15 is 0 Å². The van der Waals surface area contributed by atoms with Crippen molar-refractivity contribution in [2.75, 3.05) is 6.61 Å². The third-order valence-corrected chi connectivity index (χ3v) is 7.27. The van der Waals surface area contributed by atoms with E-state index in [-0.39, 0.29) is 36.6 Å². The summed E-state index contributed by atoms with van der Waals surface area (Å²) in [7, 11) is 0. The molecule has 1 saturated carbocycles. The molecule has 1 fully saturated rings. The van der Waals surface area contributed by atoms with Crippen LogP contribution in [0.1, 0.15) is 64.0 Å². The average Bonchev–Trinajstić information content (AvgIpc) is 3.06. The van der Waals surface area contributed by atoms with E-state index in [1.165, 1.54) is 5.56 Å².